The molecule has 0 saturated carbocycles. The highest BCUT2D eigenvalue weighted by Gasteiger charge is 2.15. The van der Waals surface area contributed by atoms with Crippen molar-refractivity contribution < 1.29 is 14.5 Å². The number of hydrogen-bond acceptors (Lipinski definition) is 5. The number of non-ortho nitro benzene ring substituents is 1. The van der Waals surface area contributed by atoms with Crippen molar-refractivity contribution in [2.24, 2.45) is 0 Å². The largest absolute Gasteiger partial charge is 0.444 e. The van der Waals surface area contributed by atoms with E-state index in [9.17, 15) is 14.9 Å². The number of carbonyl (C=O) groups is 1. The zero-order valence-corrected chi connectivity index (χ0v) is 13.0. The van der Waals surface area contributed by atoms with Crippen LogP contribution in [-0.4, -0.2) is 33.4 Å². The predicted octanol–water partition coefficient (Wildman–Crippen LogP) is 2.35. The van der Waals surface area contributed by atoms with Crippen LogP contribution in [0, 0.1) is 22.0 Å². The second-order valence-corrected chi connectivity index (χ2v) is 5.71. The fourth-order valence-electron chi connectivity index (χ4n) is 1.77. The van der Waals surface area contributed by atoms with Crippen molar-refractivity contribution in [3.8, 4) is 11.8 Å². The van der Waals surface area contributed by atoms with Gasteiger partial charge in [0, 0.05) is 17.5 Å². The SMILES string of the molecule is CC(C)(C)OC(=O)NCC#Cc1[nH]nc2ccc([N+](=O)[O-])cc12. The number of ether oxygens (including phenoxy) is 1. The summed E-state index contributed by atoms with van der Waals surface area (Å²) in [6.07, 6.45) is -0.558. The summed E-state index contributed by atoms with van der Waals surface area (Å²) in [7, 11) is 0. The average molecular weight is 316 g/mol. The molecule has 0 aliphatic rings. The second kappa shape index (κ2) is 6.36. The number of nitrogens with one attached hydrogen (secondary N) is 2. The summed E-state index contributed by atoms with van der Waals surface area (Å²) < 4.78 is 5.07. The van der Waals surface area contributed by atoms with E-state index in [1.807, 2.05) is 0 Å². The van der Waals surface area contributed by atoms with E-state index >= 15 is 0 Å². The molecule has 0 atom stereocenters. The third kappa shape index (κ3) is 4.44. The van der Waals surface area contributed by atoms with Gasteiger partial charge in [-0.3, -0.25) is 15.2 Å². The number of aromatic nitrogens is 2. The average Bonchev–Trinajstić information content (AvgIpc) is 2.84. The molecule has 0 spiro atoms. The molecule has 0 bridgehead atoms. The standard InChI is InChI=1S/C15H16N4O4/c1-15(2,3)23-14(20)16-8-4-5-12-11-9-10(19(21)22)6-7-13(11)18-17-12/h6-7,9H,8H2,1-3H3,(H,16,20)(H,17,18). The first-order valence-corrected chi connectivity index (χ1v) is 6.84. The van der Waals surface area contributed by atoms with Crippen LogP contribution in [0.4, 0.5) is 10.5 Å². The molecule has 0 saturated heterocycles. The Balaban J connectivity index is 2.07. The number of H-pyrrole nitrogens is 1. The van der Waals surface area contributed by atoms with Gasteiger partial charge in [-0.15, -0.1) is 0 Å². The van der Waals surface area contributed by atoms with Crippen molar-refractivity contribution in [1.29, 1.82) is 0 Å². The fraction of sp³-hybridized carbons (Fsp3) is 0.333. The Morgan fingerprint density at radius 2 is 2.22 bits per heavy atom. The first-order chi connectivity index (χ1) is 10.8. The van der Waals surface area contributed by atoms with E-state index in [-0.39, 0.29) is 12.2 Å². The monoisotopic (exact) mass is 316 g/mol. The van der Waals surface area contributed by atoms with Gasteiger partial charge in [0.2, 0.25) is 0 Å². The maximum absolute atomic E-state index is 11.5. The van der Waals surface area contributed by atoms with E-state index in [2.05, 4.69) is 27.4 Å². The van der Waals surface area contributed by atoms with Crippen LogP contribution in [-0.2, 0) is 4.74 Å². The molecule has 1 aromatic heterocycles. The number of carbonyl (C=O) groups excluding carboxylic acids is 1. The highest BCUT2D eigenvalue weighted by Crippen LogP contribution is 2.21. The minimum atomic E-state index is -0.573. The Hall–Kier alpha value is -3.08. The van der Waals surface area contributed by atoms with E-state index in [1.54, 1.807) is 26.8 Å². The van der Waals surface area contributed by atoms with Crippen LogP contribution < -0.4 is 5.32 Å². The molecular formula is C15H16N4O4. The number of nitro benzene ring substituents is 1. The lowest BCUT2D eigenvalue weighted by Gasteiger charge is -2.18. The number of aromatic amines is 1. The summed E-state index contributed by atoms with van der Waals surface area (Å²) in [5.41, 5.74) is 0.430. The zero-order chi connectivity index (χ0) is 17.0. The lowest BCUT2D eigenvalue weighted by Crippen LogP contribution is -2.32. The minimum Gasteiger partial charge on any atom is -0.444 e. The molecule has 2 rings (SSSR count). The molecule has 1 aromatic carbocycles. The van der Waals surface area contributed by atoms with Gasteiger partial charge < -0.3 is 10.1 Å². The minimum absolute atomic E-state index is 0.0335. The molecule has 2 aromatic rings. The van der Waals surface area contributed by atoms with E-state index in [4.69, 9.17) is 4.74 Å². The highest BCUT2D eigenvalue weighted by molar-refractivity contribution is 5.86. The molecule has 8 nitrogen and oxygen atoms in total. The van der Waals surface area contributed by atoms with Crippen molar-refractivity contribution in [3.63, 3.8) is 0 Å². The van der Waals surface area contributed by atoms with E-state index in [0.29, 0.717) is 16.6 Å². The van der Waals surface area contributed by atoms with Gasteiger partial charge in [0.15, 0.2) is 0 Å². The molecule has 0 aliphatic heterocycles. The number of fused-ring (bicyclic) bond motifs is 1. The Labute approximate surface area is 132 Å². The fourth-order valence-corrected chi connectivity index (χ4v) is 1.77. The first kappa shape index (κ1) is 16.3. The van der Waals surface area contributed by atoms with Crippen LogP contribution in [0.25, 0.3) is 10.9 Å². The van der Waals surface area contributed by atoms with Gasteiger partial charge >= 0.3 is 6.09 Å². The summed E-state index contributed by atoms with van der Waals surface area (Å²) in [6.45, 7) is 5.38. The van der Waals surface area contributed by atoms with Gasteiger partial charge in [0.25, 0.3) is 5.69 Å². The van der Waals surface area contributed by atoms with Crippen LogP contribution in [0.3, 0.4) is 0 Å². The Morgan fingerprint density at radius 1 is 1.48 bits per heavy atom. The quantitative estimate of drug-likeness (QED) is 0.502. The third-order valence-electron chi connectivity index (χ3n) is 2.68. The lowest BCUT2D eigenvalue weighted by molar-refractivity contribution is -0.384. The Bertz CT molecular complexity index is 808. The number of amides is 1. The number of nitro groups is 1. The van der Waals surface area contributed by atoms with Gasteiger partial charge in [0.05, 0.1) is 17.0 Å². The molecule has 0 radical (unpaired) electrons. The maximum atomic E-state index is 11.5. The summed E-state index contributed by atoms with van der Waals surface area (Å²) in [4.78, 5) is 21.8. The molecule has 0 unspecified atom stereocenters. The summed E-state index contributed by atoms with van der Waals surface area (Å²) >= 11 is 0. The molecular weight excluding hydrogens is 300 g/mol. The van der Waals surface area contributed by atoms with E-state index in [1.165, 1.54) is 12.1 Å². The topological polar surface area (TPSA) is 110 Å². The van der Waals surface area contributed by atoms with Gasteiger partial charge in [-0.05, 0) is 32.8 Å². The molecule has 1 heterocycles. The Morgan fingerprint density at radius 3 is 2.87 bits per heavy atom. The molecule has 0 aliphatic carbocycles. The summed E-state index contributed by atoms with van der Waals surface area (Å²) in [6, 6.07) is 4.34. The molecule has 1 amide bonds. The Kier molecular flexibility index (Phi) is 4.50. The van der Waals surface area contributed by atoms with Crippen LogP contribution in [0.2, 0.25) is 0 Å². The van der Waals surface area contributed by atoms with Crippen molar-refractivity contribution in [3.05, 3.63) is 34.0 Å². The van der Waals surface area contributed by atoms with E-state index in [0.717, 1.165) is 0 Å². The van der Waals surface area contributed by atoms with Gasteiger partial charge in [-0.1, -0.05) is 5.92 Å². The molecule has 2 N–H and O–H groups in total. The van der Waals surface area contributed by atoms with Crippen LogP contribution in [0.1, 0.15) is 26.5 Å². The van der Waals surface area contributed by atoms with Crippen LogP contribution >= 0.6 is 0 Å². The van der Waals surface area contributed by atoms with Crippen LogP contribution in [0.15, 0.2) is 18.2 Å². The number of hydrogen-bond donors (Lipinski definition) is 2. The predicted molar refractivity (Wildman–Crippen MR) is 83.9 cm³/mol. The van der Waals surface area contributed by atoms with Gasteiger partial charge in [0.1, 0.15) is 11.3 Å². The van der Waals surface area contributed by atoms with Crippen molar-refractivity contribution in [2.45, 2.75) is 26.4 Å². The lowest BCUT2D eigenvalue weighted by atomic mass is 10.2. The molecule has 0 fully saturated rings. The number of rotatable bonds is 2. The van der Waals surface area contributed by atoms with Gasteiger partial charge in [-0.2, -0.15) is 5.10 Å². The molecule has 23 heavy (non-hydrogen) atoms. The highest BCUT2D eigenvalue weighted by atomic mass is 16.6. The summed E-state index contributed by atoms with van der Waals surface area (Å²) in [5.74, 6) is 5.53. The number of benzene rings is 1. The molecule has 8 heteroatoms. The molecule has 120 valence electrons. The summed E-state index contributed by atoms with van der Waals surface area (Å²) in [5, 5.41) is 20.6. The third-order valence-corrected chi connectivity index (χ3v) is 2.68. The zero-order valence-electron chi connectivity index (χ0n) is 13.0. The van der Waals surface area contributed by atoms with Crippen molar-refractivity contribution >= 4 is 22.7 Å². The van der Waals surface area contributed by atoms with Gasteiger partial charge in [-0.25, -0.2) is 4.79 Å². The van der Waals surface area contributed by atoms with Crippen molar-refractivity contribution in [2.75, 3.05) is 6.54 Å². The van der Waals surface area contributed by atoms with E-state index < -0.39 is 16.6 Å². The normalized spacial score (nSPS) is 10.7. The van der Waals surface area contributed by atoms with Crippen LogP contribution in [0.5, 0.6) is 0 Å². The first-order valence-electron chi connectivity index (χ1n) is 6.84. The maximum Gasteiger partial charge on any atom is 0.408 e. The van der Waals surface area contributed by atoms with Crippen molar-refractivity contribution in [1.82, 2.24) is 15.5 Å². The number of nitrogens with zero attached hydrogens (tertiary/aromatic N) is 2. The smallest absolute Gasteiger partial charge is 0.408 e. The second-order valence-electron chi connectivity index (χ2n) is 5.71. The number of alkyl carbamates (subject to hydrolysis) is 1.